The van der Waals surface area contributed by atoms with Crippen LogP contribution in [0.2, 0.25) is 0 Å². The van der Waals surface area contributed by atoms with Gasteiger partial charge in [0.1, 0.15) is 30.5 Å². The molecule has 64 heavy (non-hydrogen) atoms. The highest BCUT2D eigenvalue weighted by molar-refractivity contribution is 5.77. The Balaban J connectivity index is 1.36. The number of hydrogen-bond donors (Lipinski definition) is 0. The largest absolute Gasteiger partial charge is 0.368 e. The Morgan fingerprint density at radius 3 is 1.03 bits per heavy atom. The van der Waals surface area contributed by atoms with Crippen LogP contribution in [0.15, 0.2) is 182 Å². The van der Waals surface area contributed by atoms with Gasteiger partial charge in [-0.3, -0.25) is 4.79 Å². The van der Waals surface area contributed by atoms with Crippen molar-refractivity contribution in [2.75, 3.05) is 6.54 Å². The van der Waals surface area contributed by atoms with E-state index in [4.69, 9.17) is 23.7 Å². The van der Waals surface area contributed by atoms with Crippen LogP contribution in [0.25, 0.3) is 0 Å². The summed E-state index contributed by atoms with van der Waals surface area (Å²) in [5, 5.41) is 0. The van der Waals surface area contributed by atoms with Crippen molar-refractivity contribution in [3.05, 3.63) is 215 Å². The predicted octanol–water partition coefficient (Wildman–Crippen LogP) is 11.7. The van der Waals surface area contributed by atoms with Crippen LogP contribution in [0, 0.1) is 0 Å². The maximum Gasteiger partial charge on any atom is 0.223 e. The molecule has 0 bridgehead atoms. The van der Waals surface area contributed by atoms with Crippen molar-refractivity contribution < 1.29 is 28.5 Å². The monoisotopic (exact) mass is 859 g/mol. The van der Waals surface area contributed by atoms with Gasteiger partial charge in [-0.05, 0) is 46.2 Å². The topological polar surface area (TPSA) is 66.5 Å². The number of benzene rings is 6. The molecule has 1 aliphatic carbocycles. The van der Waals surface area contributed by atoms with Crippen LogP contribution in [-0.4, -0.2) is 53.9 Å². The van der Waals surface area contributed by atoms with Crippen molar-refractivity contribution in [3.63, 3.8) is 0 Å². The van der Waals surface area contributed by atoms with Gasteiger partial charge >= 0.3 is 0 Å². The van der Waals surface area contributed by atoms with Gasteiger partial charge < -0.3 is 28.6 Å². The molecule has 0 N–H and O–H groups in total. The molecule has 6 aromatic carbocycles. The minimum atomic E-state index is -0.668. The lowest BCUT2D eigenvalue weighted by molar-refractivity contribution is -0.271. The normalized spacial score (nSPS) is 19.6. The molecule has 6 aromatic rings. The summed E-state index contributed by atoms with van der Waals surface area (Å²) in [7, 11) is 0. The molecular formula is C57H65NO6. The zero-order valence-corrected chi connectivity index (χ0v) is 37.4. The predicted molar refractivity (Wildman–Crippen MR) is 254 cm³/mol. The molecule has 0 spiro atoms. The first-order valence-corrected chi connectivity index (χ1v) is 23.3. The molecule has 1 saturated carbocycles. The number of amides is 1. The van der Waals surface area contributed by atoms with Gasteiger partial charge in [0.2, 0.25) is 5.91 Å². The molecule has 1 aliphatic rings. The smallest absolute Gasteiger partial charge is 0.223 e. The highest BCUT2D eigenvalue weighted by Crippen LogP contribution is 2.38. The summed E-state index contributed by atoms with van der Waals surface area (Å²) in [6, 6.07) is 60.8. The molecule has 1 amide bonds. The summed E-state index contributed by atoms with van der Waals surface area (Å²) in [6.07, 6.45) is 2.89. The second-order valence-electron chi connectivity index (χ2n) is 16.8. The van der Waals surface area contributed by atoms with Gasteiger partial charge in [0, 0.05) is 13.0 Å². The van der Waals surface area contributed by atoms with Crippen LogP contribution in [-0.2, 0) is 67.9 Å². The van der Waals surface area contributed by atoms with Crippen LogP contribution >= 0.6 is 0 Å². The summed E-state index contributed by atoms with van der Waals surface area (Å²) in [6.45, 7) is 4.34. The Labute approximate surface area is 381 Å². The molecule has 334 valence electrons. The summed E-state index contributed by atoms with van der Waals surface area (Å²) < 4.78 is 36.0. The maximum atomic E-state index is 15.2. The fraction of sp³-hybridized carbons (Fsp3) is 0.351. The van der Waals surface area contributed by atoms with Gasteiger partial charge in [0.25, 0.3) is 0 Å². The summed E-state index contributed by atoms with van der Waals surface area (Å²) in [4.78, 5) is 17.3. The van der Waals surface area contributed by atoms with E-state index in [1.165, 1.54) is 0 Å². The third-order valence-corrected chi connectivity index (χ3v) is 12.0. The van der Waals surface area contributed by atoms with Crippen LogP contribution in [0.1, 0.15) is 78.8 Å². The summed E-state index contributed by atoms with van der Waals surface area (Å²) >= 11 is 0. The van der Waals surface area contributed by atoms with Crippen molar-refractivity contribution >= 4 is 5.91 Å². The van der Waals surface area contributed by atoms with Crippen molar-refractivity contribution in [1.82, 2.24) is 4.90 Å². The van der Waals surface area contributed by atoms with Crippen LogP contribution in [0.5, 0.6) is 0 Å². The number of aryl methyl sites for hydroxylation is 1. The molecule has 6 atom stereocenters. The number of unbranched alkanes of at least 4 members (excludes halogenated alkanes) is 4. The zero-order valence-electron chi connectivity index (χ0n) is 37.4. The van der Waals surface area contributed by atoms with E-state index in [-0.39, 0.29) is 5.91 Å². The molecule has 0 saturated heterocycles. The average Bonchev–Trinajstić information content (AvgIpc) is 3.35. The highest BCUT2D eigenvalue weighted by atomic mass is 16.6. The number of nitrogens with zero attached hydrogens (tertiary/aromatic N) is 1. The number of carbonyl (C=O) groups excluding carboxylic acids is 1. The fourth-order valence-corrected chi connectivity index (χ4v) is 8.65. The summed E-state index contributed by atoms with van der Waals surface area (Å²) in [5.74, 6) is 0.0539. The third-order valence-electron chi connectivity index (χ3n) is 12.0. The van der Waals surface area contributed by atoms with Gasteiger partial charge in [-0.25, -0.2) is 0 Å². The molecule has 7 rings (SSSR count). The molecular weight excluding hydrogens is 795 g/mol. The van der Waals surface area contributed by atoms with E-state index in [1.807, 2.05) is 109 Å². The number of carbonyl (C=O) groups is 1. The van der Waals surface area contributed by atoms with Gasteiger partial charge in [0.15, 0.2) is 0 Å². The quantitative estimate of drug-likeness (QED) is 0.0534. The molecule has 2 unspecified atom stereocenters. The average molecular weight is 860 g/mol. The van der Waals surface area contributed by atoms with Crippen LogP contribution in [0.4, 0.5) is 0 Å². The van der Waals surface area contributed by atoms with Crippen molar-refractivity contribution in [2.24, 2.45) is 0 Å². The van der Waals surface area contributed by atoms with Crippen molar-refractivity contribution in [3.8, 4) is 0 Å². The lowest BCUT2D eigenvalue weighted by atomic mass is 9.80. The second kappa shape index (κ2) is 25.8. The number of hydrogen-bond acceptors (Lipinski definition) is 6. The molecule has 7 heteroatoms. The Morgan fingerprint density at radius 1 is 0.391 bits per heavy atom. The third kappa shape index (κ3) is 14.0. The first-order chi connectivity index (χ1) is 31.7. The van der Waals surface area contributed by atoms with Crippen molar-refractivity contribution in [2.45, 2.75) is 121 Å². The van der Waals surface area contributed by atoms with Gasteiger partial charge in [0.05, 0.1) is 39.1 Å². The van der Waals surface area contributed by atoms with Crippen molar-refractivity contribution in [1.29, 1.82) is 0 Å². The molecule has 0 aliphatic heterocycles. The first-order valence-electron chi connectivity index (χ1n) is 23.3. The first kappa shape index (κ1) is 46.6. The maximum absolute atomic E-state index is 15.2. The lowest BCUT2D eigenvalue weighted by Gasteiger charge is -2.53. The minimum Gasteiger partial charge on any atom is -0.368 e. The van der Waals surface area contributed by atoms with E-state index in [0.29, 0.717) is 52.4 Å². The highest BCUT2D eigenvalue weighted by Gasteiger charge is 2.57. The summed E-state index contributed by atoms with van der Waals surface area (Å²) in [5.41, 5.74) is 6.25. The van der Waals surface area contributed by atoms with E-state index in [0.717, 1.165) is 65.5 Å². The van der Waals surface area contributed by atoms with Crippen LogP contribution < -0.4 is 0 Å². The zero-order chi connectivity index (χ0) is 44.0. The van der Waals surface area contributed by atoms with E-state index < -0.39 is 36.6 Å². The molecule has 1 fully saturated rings. The Hall–Kier alpha value is -5.41. The van der Waals surface area contributed by atoms with E-state index in [9.17, 15) is 0 Å². The SMILES string of the molecule is CCCCCCCN(C(=O)CCc1ccccc1)C1[C@@H](OCc2ccccc2)[C@H](OCc2ccccc2)C(OCc2ccccc2)[C@H](OCc2ccccc2)[C@H]1OCc1ccccc1. The number of rotatable bonds is 25. The molecule has 0 radical (unpaired) electrons. The van der Waals surface area contributed by atoms with Gasteiger partial charge in [-0.15, -0.1) is 0 Å². The van der Waals surface area contributed by atoms with Crippen LogP contribution in [0.3, 0.4) is 0 Å². The van der Waals surface area contributed by atoms with E-state index in [1.54, 1.807) is 0 Å². The number of ether oxygens (including phenoxy) is 5. The molecule has 0 aromatic heterocycles. The Bertz CT molecular complexity index is 2060. The molecule has 0 heterocycles. The van der Waals surface area contributed by atoms with Gasteiger partial charge in [-0.2, -0.15) is 0 Å². The standard InChI is InChI=1S/C57H65NO6/c1-2-3-4-5-24-39-58(51(59)38-37-45-25-12-6-13-26-45)52-53(60-40-46-27-14-7-15-28-46)55(62-42-48-31-18-9-19-32-48)57(64-44-50-35-22-11-23-36-50)56(63-43-49-33-20-10-21-34-49)54(52)61-41-47-29-16-8-17-30-47/h6-23,25-36,52-57H,2-5,24,37-44H2,1H3/t52?,53-,54+,55+,56-,57?. The Morgan fingerprint density at radius 2 is 0.688 bits per heavy atom. The Kier molecular flexibility index (Phi) is 18.8. The van der Waals surface area contributed by atoms with E-state index >= 15 is 4.79 Å². The van der Waals surface area contributed by atoms with E-state index in [2.05, 4.69) is 84.6 Å². The fourth-order valence-electron chi connectivity index (χ4n) is 8.65. The lowest BCUT2D eigenvalue weighted by Crippen LogP contribution is -2.71. The van der Waals surface area contributed by atoms with Gasteiger partial charge in [-0.1, -0.05) is 215 Å². The minimum absolute atomic E-state index is 0.0539. The molecule has 7 nitrogen and oxygen atoms in total. The second-order valence-corrected chi connectivity index (χ2v) is 16.8.